The molecule has 5 nitrogen and oxygen atoms in total. The summed E-state index contributed by atoms with van der Waals surface area (Å²) in [4.78, 5) is 11.9. The topological polar surface area (TPSA) is 67.2 Å². The molecule has 0 bridgehead atoms. The molecule has 2 N–H and O–H groups in total. The van der Waals surface area contributed by atoms with Crippen LogP contribution in [0.4, 0.5) is 0 Å². The Bertz CT molecular complexity index is 379. The summed E-state index contributed by atoms with van der Waals surface area (Å²) in [5.74, 6) is 1.75. The highest BCUT2D eigenvalue weighted by atomic mass is 32.2. The van der Waals surface area contributed by atoms with Gasteiger partial charge < -0.3 is 10.4 Å². The van der Waals surface area contributed by atoms with Gasteiger partial charge in [-0.15, -0.1) is 0 Å². The molecule has 0 aromatic carbocycles. The van der Waals surface area contributed by atoms with Gasteiger partial charge in [0.05, 0.1) is 11.3 Å². The molecule has 0 aliphatic rings. The highest BCUT2D eigenvalue weighted by Crippen LogP contribution is 2.07. The minimum atomic E-state index is -0.0530. The van der Waals surface area contributed by atoms with Crippen molar-refractivity contribution in [3.8, 4) is 0 Å². The normalized spacial score (nSPS) is 10.6. The van der Waals surface area contributed by atoms with E-state index < -0.39 is 0 Å². The molecule has 0 saturated carbocycles. The number of hydrogen-bond donors (Lipinski definition) is 2. The van der Waals surface area contributed by atoms with E-state index in [1.54, 1.807) is 22.6 Å². The second kappa shape index (κ2) is 8.16. The standard InChI is InChI=1S/C12H21N3O2S/c1-3-11-10(9-15(2)14-11)12(17)13-5-8-18-7-4-6-16/h9,16H,3-8H2,1-2H3,(H,13,17). The van der Waals surface area contributed by atoms with E-state index in [0.717, 1.165) is 30.0 Å². The summed E-state index contributed by atoms with van der Waals surface area (Å²) < 4.78 is 1.67. The maximum Gasteiger partial charge on any atom is 0.254 e. The van der Waals surface area contributed by atoms with Crippen molar-refractivity contribution in [2.24, 2.45) is 7.05 Å². The lowest BCUT2D eigenvalue weighted by Gasteiger charge is -2.04. The minimum absolute atomic E-state index is 0.0530. The van der Waals surface area contributed by atoms with Crippen LogP contribution in [-0.2, 0) is 13.5 Å². The van der Waals surface area contributed by atoms with Crippen molar-refractivity contribution in [3.05, 3.63) is 17.5 Å². The van der Waals surface area contributed by atoms with Crippen molar-refractivity contribution in [2.45, 2.75) is 19.8 Å². The SMILES string of the molecule is CCc1nn(C)cc1C(=O)NCCSCCCO. The molecule has 1 aromatic rings. The van der Waals surface area contributed by atoms with E-state index >= 15 is 0 Å². The number of thioether (sulfide) groups is 1. The van der Waals surface area contributed by atoms with Crippen LogP contribution in [0.5, 0.6) is 0 Å². The molecule has 1 aromatic heterocycles. The summed E-state index contributed by atoms with van der Waals surface area (Å²) >= 11 is 1.73. The van der Waals surface area contributed by atoms with Crippen LogP contribution in [0.15, 0.2) is 6.20 Å². The average Bonchev–Trinajstić information content (AvgIpc) is 2.74. The van der Waals surface area contributed by atoms with E-state index in [9.17, 15) is 4.79 Å². The maximum atomic E-state index is 11.9. The van der Waals surface area contributed by atoms with Crippen molar-refractivity contribution in [2.75, 3.05) is 24.7 Å². The minimum Gasteiger partial charge on any atom is -0.396 e. The molecule has 1 rings (SSSR count). The Labute approximate surface area is 112 Å². The predicted molar refractivity (Wildman–Crippen MR) is 73.9 cm³/mol. The van der Waals surface area contributed by atoms with Crippen molar-refractivity contribution in [3.63, 3.8) is 0 Å². The zero-order valence-electron chi connectivity index (χ0n) is 11.0. The summed E-state index contributed by atoms with van der Waals surface area (Å²) in [6.07, 6.45) is 3.32. The van der Waals surface area contributed by atoms with Crippen LogP contribution in [0.2, 0.25) is 0 Å². The third-order valence-corrected chi connectivity index (χ3v) is 3.53. The first-order chi connectivity index (χ1) is 8.69. The Hall–Kier alpha value is -1.01. The molecule has 18 heavy (non-hydrogen) atoms. The molecule has 0 unspecified atom stereocenters. The quantitative estimate of drug-likeness (QED) is 0.687. The Balaban J connectivity index is 2.32. The van der Waals surface area contributed by atoms with Gasteiger partial charge in [0, 0.05) is 32.1 Å². The molecule has 0 fully saturated rings. The van der Waals surface area contributed by atoms with Gasteiger partial charge in [-0.05, 0) is 18.6 Å². The van der Waals surface area contributed by atoms with Crippen LogP contribution < -0.4 is 5.32 Å². The Morgan fingerprint density at radius 1 is 1.56 bits per heavy atom. The Kier molecular flexibility index (Phi) is 6.82. The van der Waals surface area contributed by atoms with Gasteiger partial charge in [-0.2, -0.15) is 16.9 Å². The van der Waals surface area contributed by atoms with Gasteiger partial charge in [-0.25, -0.2) is 0 Å². The maximum absolute atomic E-state index is 11.9. The lowest BCUT2D eigenvalue weighted by Crippen LogP contribution is -2.26. The largest absolute Gasteiger partial charge is 0.396 e. The molecule has 102 valence electrons. The molecular formula is C12H21N3O2S. The summed E-state index contributed by atoms with van der Waals surface area (Å²) in [6.45, 7) is 2.87. The molecule has 0 saturated heterocycles. The average molecular weight is 271 g/mol. The fourth-order valence-electron chi connectivity index (χ4n) is 1.59. The van der Waals surface area contributed by atoms with Gasteiger partial charge in [0.2, 0.25) is 0 Å². The van der Waals surface area contributed by atoms with Gasteiger partial charge in [-0.1, -0.05) is 6.92 Å². The second-order valence-electron chi connectivity index (χ2n) is 3.96. The molecular weight excluding hydrogens is 250 g/mol. The lowest BCUT2D eigenvalue weighted by molar-refractivity contribution is 0.0955. The fourth-order valence-corrected chi connectivity index (χ4v) is 2.37. The van der Waals surface area contributed by atoms with Crippen molar-refractivity contribution < 1.29 is 9.90 Å². The van der Waals surface area contributed by atoms with Crippen LogP contribution >= 0.6 is 11.8 Å². The smallest absolute Gasteiger partial charge is 0.254 e. The van der Waals surface area contributed by atoms with Crippen molar-refractivity contribution in [1.82, 2.24) is 15.1 Å². The van der Waals surface area contributed by atoms with Gasteiger partial charge in [0.25, 0.3) is 5.91 Å². The van der Waals surface area contributed by atoms with Crippen LogP contribution in [0.1, 0.15) is 29.4 Å². The predicted octanol–water partition coefficient (Wildman–Crippen LogP) is 0.828. The number of aromatic nitrogens is 2. The molecule has 0 aliphatic carbocycles. The molecule has 0 radical (unpaired) electrons. The van der Waals surface area contributed by atoms with E-state index in [1.165, 1.54) is 0 Å². The van der Waals surface area contributed by atoms with E-state index in [1.807, 2.05) is 14.0 Å². The van der Waals surface area contributed by atoms with Gasteiger partial charge in [-0.3, -0.25) is 9.48 Å². The van der Waals surface area contributed by atoms with E-state index in [0.29, 0.717) is 12.1 Å². The third-order valence-electron chi connectivity index (χ3n) is 2.46. The molecule has 0 atom stereocenters. The molecule has 6 heteroatoms. The van der Waals surface area contributed by atoms with E-state index in [2.05, 4.69) is 10.4 Å². The third kappa shape index (κ3) is 4.70. The molecule has 1 heterocycles. The first-order valence-corrected chi connectivity index (χ1v) is 7.33. The molecule has 1 amide bonds. The van der Waals surface area contributed by atoms with Crippen LogP contribution in [-0.4, -0.2) is 45.5 Å². The number of amides is 1. The lowest BCUT2D eigenvalue weighted by atomic mass is 10.2. The molecule has 0 aliphatic heterocycles. The summed E-state index contributed by atoms with van der Waals surface area (Å²) in [5.41, 5.74) is 1.50. The van der Waals surface area contributed by atoms with E-state index in [-0.39, 0.29) is 12.5 Å². The second-order valence-corrected chi connectivity index (χ2v) is 5.19. The Morgan fingerprint density at radius 3 is 3.00 bits per heavy atom. The number of aliphatic hydroxyl groups excluding tert-OH is 1. The van der Waals surface area contributed by atoms with Crippen LogP contribution in [0.3, 0.4) is 0 Å². The first kappa shape index (κ1) is 15.0. The number of rotatable bonds is 8. The van der Waals surface area contributed by atoms with Crippen molar-refractivity contribution >= 4 is 17.7 Å². The number of aryl methyl sites for hydroxylation is 2. The number of carbonyl (C=O) groups excluding carboxylic acids is 1. The number of carbonyl (C=O) groups is 1. The van der Waals surface area contributed by atoms with E-state index in [4.69, 9.17) is 5.11 Å². The zero-order chi connectivity index (χ0) is 13.4. The van der Waals surface area contributed by atoms with Gasteiger partial charge in [0.1, 0.15) is 0 Å². The molecule has 0 spiro atoms. The summed E-state index contributed by atoms with van der Waals surface area (Å²) in [6, 6.07) is 0. The highest BCUT2D eigenvalue weighted by molar-refractivity contribution is 7.99. The number of hydrogen-bond acceptors (Lipinski definition) is 4. The Morgan fingerprint density at radius 2 is 2.33 bits per heavy atom. The van der Waals surface area contributed by atoms with Crippen molar-refractivity contribution in [1.29, 1.82) is 0 Å². The number of nitrogens with one attached hydrogen (secondary N) is 1. The number of aliphatic hydroxyl groups is 1. The summed E-state index contributed by atoms with van der Waals surface area (Å²) in [5, 5.41) is 15.8. The summed E-state index contributed by atoms with van der Waals surface area (Å²) in [7, 11) is 1.82. The fraction of sp³-hybridized carbons (Fsp3) is 0.667. The van der Waals surface area contributed by atoms with Gasteiger partial charge >= 0.3 is 0 Å². The van der Waals surface area contributed by atoms with Crippen LogP contribution in [0, 0.1) is 0 Å². The monoisotopic (exact) mass is 271 g/mol. The highest BCUT2D eigenvalue weighted by Gasteiger charge is 2.13. The van der Waals surface area contributed by atoms with Gasteiger partial charge in [0.15, 0.2) is 0 Å². The zero-order valence-corrected chi connectivity index (χ0v) is 11.8. The van der Waals surface area contributed by atoms with Crippen LogP contribution in [0.25, 0.3) is 0 Å². The number of nitrogens with zero attached hydrogens (tertiary/aromatic N) is 2. The first-order valence-electron chi connectivity index (χ1n) is 6.18.